The van der Waals surface area contributed by atoms with Crippen molar-refractivity contribution in [1.82, 2.24) is 0 Å². The zero-order chi connectivity index (χ0) is 12.6. The highest BCUT2D eigenvalue weighted by Gasteiger charge is 2.26. The molecular weight excluding hydrogens is 242 g/mol. The van der Waals surface area contributed by atoms with Crippen LogP contribution in [-0.2, 0) is 0 Å². The number of hydrogen-bond donors (Lipinski definition) is 1. The molecule has 0 saturated carbocycles. The second-order valence-electron chi connectivity index (χ2n) is 4.50. The average Bonchev–Trinajstić information content (AvgIpc) is 2.13. The molecular formula is C12H16F2N2S. The first-order valence-corrected chi connectivity index (χ1v) is 6.56. The van der Waals surface area contributed by atoms with Crippen LogP contribution in [0, 0.1) is 11.6 Å². The first kappa shape index (κ1) is 12.5. The summed E-state index contributed by atoms with van der Waals surface area (Å²) >= 11 is 1.84. The van der Waals surface area contributed by atoms with Gasteiger partial charge in [0, 0.05) is 29.3 Å². The molecule has 94 valence electrons. The number of thioether (sulfide) groups is 1. The summed E-state index contributed by atoms with van der Waals surface area (Å²) in [6.45, 7) is 5.46. The number of rotatable bonds is 1. The van der Waals surface area contributed by atoms with E-state index in [1.54, 1.807) is 4.90 Å². The van der Waals surface area contributed by atoms with Crippen molar-refractivity contribution in [1.29, 1.82) is 0 Å². The lowest BCUT2D eigenvalue weighted by molar-refractivity contribution is 0.567. The number of nitrogen functional groups attached to an aromatic ring is 1. The molecule has 1 aliphatic heterocycles. The predicted molar refractivity (Wildman–Crippen MR) is 69.5 cm³/mol. The predicted octanol–water partition coefficient (Wildman–Crippen LogP) is 2.88. The number of nitrogens with zero attached hydrogens (tertiary/aromatic N) is 1. The zero-order valence-electron chi connectivity index (χ0n) is 9.91. The minimum Gasteiger partial charge on any atom is -0.399 e. The van der Waals surface area contributed by atoms with Crippen molar-refractivity contribution in [2.45, 2.75) is 24.3 Å². The Hall–Kier alpha value is -0.970. The summed E-state index contributed by atoms with van der Waals surface area (Å²) in [6, 6.07) is 2.35. The summed E-state index contributed by atoms with van der Waals surface area (Å²) < 4.78 is 27.6. The zero-order valence-corrected chi connectivity index (χ0v) is 10.7. The number of halogens is 2. The quantitative estimate of drug-likeness (QED) is 0.785. The molecule has 5 heteroatoms. The Kier molecular flexibility index (Phi) is 3.47. The highest BCUT2D eigenvalue weighted by Crippen LogP contribution is 2.32. The van der Waals surface area contributed by atoms with Crippen LogP contribution >= 0.6 is 11.8 Å². The minimum absolute atomic E-state index is 0.0539. The summed E-state index contributed by atoms with van der Waals surface area (Å²) in [5, 5.41) is 0.741. The van der Waals surface area contributed by atoms with E-state index in [9.17, 15) is 8.78 Å². The molecule has 2 N–H and O–H groups in total. The van der Waals surface area contributed by atoms with Gasteiger partial charge in [0.1, 0.15) is 5.69 Å². The van der Waals surface area contributed by atoms with Crippen LogP contribution in [-0.4, -0.2) is 23.6 Å². The van der Waals surface area contributed by atoms with E-state index in [0.29, 0.717) is 23.6 Å². The third-order valence-electron chi connectivity index (χ3n) is 2.78. The molecule has 1 aromatic carbocycles. The highest BCUT2D eigenvalue weighted by molar-refractivity contribution is 8.00. The molecule has 2 nitrogen and oxygen atoms in total. The smallest absolute Gasteiger partial charge is 0.151 e. The molecule has 0 amide bonds. The molecule has 0 aromatic heterocycles. The van der Waals surface area contributed by atoms with Crippen molar-refractivity contribution < 1.29 is 8.78 Å². The third kappa shape index (κ3) is 2.65. The lowest BCUT2D eigenvalue weighted by atomic mass is 10.2. The van der Waals surface area contributed by atoms with Gasteiger partial charge in [-0.1, -0.05) is 13.8 Å². The third-order valence-corrected chi connectivity index (χ3v) is 4.00. The maximum absolute atomic E-state index is 13.8. The summed E-state index contributed by atoms with van der Waals surface area (Å²) in [4.78, 5) is 1.77. The summed E-state index contributed by atoms with van der Waals surface area (Å²) in [6.07, 6.45) is 0. The van der Waals surface area contributed by atoms with Gasteiger partial charge in [-0.15, -0.1) is 0 Å². The fraction of sp³-hybridized carbons (Fsp3) is 0.500. The first-order chi connectivity index (χ1) is 7.97. The first-order valence-electron chi connectivity index (χ1n) is 5.62. The largest absolute Gasteiger partial charge is 0.399 e. The van der Waals surface area contributed by atoms with Crippen LogP contribution in [0.4, 0.5) is 20.2 Å². The Labute approximate surface area is 104 Å². The van der Waals surface area contributed by atoms with E-state index in [2.05, 4.69) is 13.8 Å². The van der Waals surface area contributed by atoms with Crippen LogP contribution in [0.3, 0.4) is 0 Å². The molecule has 0 aliphatic carbocycles. The van der Waals surface area contributed by atoms with E-state index in [1.807, 2.05) is 11.8 Å². The molecule has 0 bridgehead atoms. The van der Waals surface area contributed by atoms with Gasteiger partial charge in [0.05, 0.1) is 0 Å². The molecule has 17 heavy (non-hydrogen) atoms. The fourth-order valence-corrected chi connectivity index (χ4v) is 3.57. The van der Waals surface area contributed by atoms with Gasteiger partial charge in [-0.2, -0.15) is 11.8 Å². The molecule has 1 heterocycles. The van der Waals surface area contributed by atoms with E-state index >= 15 is 0 Å². The highest BCUT2D eigenvalue weighted by atomic mass is 32.2. The van der Waals surface area contributed by atoms with Crippen molar-refractivity contribution >= 4 is 23.1 Å². The fourth-order valence-electron chi connectivity index (χ4n) is 2.25. The van der Waals surface area contributed by atoms with Gasteiger partial charge >= 0.3 is 0 Å². The van der Waals surface area contributed by atoms with Gasteiger partial charge in [-0.05, 0) is 12.1 Å². The van der Waals surface area contributed by atoms with E-state index < -0.39 is 11.6 Å². The Morgan fingerprint density at radius 2 is 1.65 bits per heavy atom. The van der Waals surface area contributed by atoms with Crippen molar-refractivity contribution in [2.24, 2.45) is 0 Å². The second-order valence-corrected chi connectivity index (χ2v) is 6.38. The Morgan fingerprint density at radius 3 is 2.12 bits per heavy atom. The summed E-state index contributed by atoms with van der Waals surface area (Å²) in [5.74, 6) is -1.15. The van der Waals surface area contributed by atoms with Gasteiger partial charge in [0.15, 0.2) is 11.6 Å². The Morgan fingerprint density at radius 1 is 1.18 bits per heavy atom. The topological polar surface area (TPSA) is 29.3 Å². The maximum Gasteiger partial charge on any atom is 0.151 e. The molecule has 1 aliphatic rings. The van der Waals surface area contributed by atoms with E-state index in [0.717, 1.165) is 0 Å². The molecule has 0 radical (unpaired) electrons. The van der Waals surface area contributed by atoms with Gasteiger partial charge in [-0.3, -0.25) is 0 Å². The van der Waals surface area contributed by atoms with Crippen LogP contribution in [0.1, 0.15) is 13.8 Å². The summed E-state index contributed by atoms with van der Waals surface area (Å²) in [7, 11) is 0. The second kappa shape index (κ2) is 4.72. The SMILES string of the molecule is CC1CN(c2c(F)cc(N)cc2F)CC(C)S1. The summed E-state index contributed by atoms with van der Waals surface area (Å²) in [5.41, 5.74) is 5.59. The molecule has 0 spiro atoms. The maximum atomic E-state index is 13.8. The standard InChI is InChI=1S/C12H16F2N2S/c1-7-5-16(6-8(2)17-7)12-10(13)3-9(15)4-11(12)14/h3-4,7-8H,5-6,15H2,1-2H3. The van der Waals surface area contributed by atoms with Crippen LogP contribution in [0.5, 0.6) is 0 Å². The van der Waals surface area contributed by atoms with Crippen molar-refractivity contribution in [3.63, 3.8) is 0 Å². The van der Waals surface area contributed by atoms with Crippen LogP contribution < -0.4 is 10.6 Å². The number of benzene rings is 1. The van der Waals surface area contributed by atoms with Crippen LogP contribution in [0.15, 0.2) is 12.1 Å². The molecule has 2 unspecified atom stereocenters. The van der Waals surface area contributed by atoms with Crippen LogP contribution in [0.25, 0.3) is 0 Å². The normalized spacial score (nSPS) is 25.1. The Bertz CT molecular complexity index is 392. The van der Waals surface area contributed by atoms with E-state index in [4.69, 9.17) is 5.73 Å². The number of anilines is 2. The Balaban J connectivity index is 2.33. The van der Waals surface area contributed by atoms with Crippen LogP contribution in [0.2, 0.25) is 0 Å². The molecule has 1 saturated heterocycles. The minimum atomic E-state index is -0.575. The van der Waals surface area contributed by atoms with Crippen molar-refractivity contribution in [3.05, 3.63) is 23.8 Å². The van der Waals surface area contributed by atoms with Gasteiger partial charge in [0.2, 0.25) is 0 Å². The monoisotopic (exact) mass is 258 g/mol. The van der Waals surface area contributed by atoms with Gasteiger partial charge < -0.3 is 10.6 Å². The lowest BCUT2D eigenvalue weighted by Crippen LogP contribution is -2.41. The van der Waals surface area contributed by atoms with E-state index in [-0.39, 0.29) is 11.4 Å². The van der Waals surface area contributed by atoms with E-state index in [1.165, 1.54) is 12.1 Å². The van der Waals surface area contributed by atoms with Gasteiger partial charge in [-0.25, -0.2) is 8.78 Å². The number of hydrogen-bond acceptors (Lipinski definition) is 3. The lowest BCUT2D eigenvalue weighted by Gasteiger charge is -2.36. The van der Waals surface area contributed by atoms with Gasteiger partial charge in [0.25, 0.3) is 0 Å². The number of nitrogens with two attached hydrogens (primary N) is 1. The molecule has 1 aromatic rings. The van der Waals surface area contributed by atoms with Crippen molar-refractivity contribution in [2.75, 3.05) is 23.7 Å². The molecule has 1 fully saturated rings. The molecule has 2 rings (SSSR count). The molecule has 2 atom stereocenters. The average molecular weight is 258 g/mol. The van der Waals surface area contributed by atoms with Crippen molar-refractivity contribution in [3.8, 4) is 0 Å².